The fourth-order valence-corrected chi connectivity index (χ4v) is 1.79. The van der Waals surface area contributed by atoms with Gasteiger partial charge in [0.1, 0.15) is 5.75 Å². The Morgan fingerprint density at radius 1 is 1.35 bits per heavy atom. The third kappa shape index (κ3) is 1.72. The third-order valence-electron chi connectivity index (χ3n) is 2.65. The fraction of sp³-hybridized carbons (Fsp3) is 0.273. The molecule has 0 unspecified atom stereocenters. The summed E-state index contributed by atoms with van der Waals surface area (Å²) in [4.78, 5) is 23.9. The smallest absolute Gasteiger partial charge is 0.332 e. The molecule has 6 heteroatoms. The zero-order chi connectivity index (χ0) is 12.6. The second-order valence-electron chi connectivity index (χ2n) is 3.79. The lowest BCUT2D eigenvalue weighted by molar-refractivity contribution is 0.475. The van der Waals surface area contributed by atoms with Crippen LogP contribution in [-0.4, -0.2) is 21.3 Å². The van der Waals surface area contributed by atoms with Crippen molar-refractivity contribution in [3.8, 4) is 5.75 Å². The predicted octanol–water partition coefficient (Wildman–Crippen LogP) is -0.417. The van der Waals surface area contributed by atoms with Gasteiger partial charge < -0.3 is 10.4 Å². The predicted molar refractivity (Wildman–Crippen MR) is 64.2 cm³/mol. The van der Waals surface area contributed by atoms with Crippen molar-refractivity contribution in [2.75, 3.05) is 7.05 Å². The average Bonchev–Trinajstić information content (AvgIpc) is 2.32. The number of nitrogens with one attached hydrogen (secondary N) is 1. The summed E-state index contributed by atoms with van der Waals surface area (Å²) in [6.45, 7) is 0.155. The highest BCUT2D eigenvalue weighted by Gasteiger charge is 2.10. The highest BCUT2D eigenvalue weighted by molar-refractivity contribution is 5.79. The minimum absolute atomic E-state index is 0.0262. The van der Waals surface area contributed by atoms with E-state index >= 15 is 0 Å². The lowest BCUT2D eigenvalue weighted by Gasteiger charge is -2.10. The summed E-state index contributed by atoms with van der Waals surface area (Å²) in [7, 11) is 3.22. The van der Waals surface area contributed by atoms with E-state index in [1.165, 1.54) is 22.8 Å². The molecule has 0 aliphatic rings. The van der Waals surface area contributed by atoms with Crippen LogP contribution in [0.3, 0.4) is 0 Å². The number of phenols is 1. The maximum Gasteiger partial charge on any atom is 0.332 e. The first-order valence-electron chi connectivity index (χ1n) is 5.13. The van der Waals surface area contributed by atoms with E-state index in [-0.39, 0.29) is 18.0 Å². The number of hydrogen-bond acceptors (Lipinski definition) is 4. The molecular formula is C11H13N3O3. The summed E-state index contributed by atoms with van der Waals surface area (Å²) in [6.07, 6.45) is 0. The molecule has 0 aliphatic heterocycles. The van der Waals surface area contributed by atoms with Crippen molar-refractivity contribution in [2.45, 2.75) is 6.67 Å². The summed E-state index contributed by atoms with van der Waals surface area (Å²) in [5.41, 5.74) is -0.354. The first-order valence-corrected chi connectivity index (χ1v) is 5.13. The molecule has 2 N–H and O–H groups in total. The largest absolute Gasteiger partial charge is 0.508 e. The van der Waals surface area contributed by atoms with E-state index in [0.717, 1.165) is 4.57 Å². The molecular weight excluding hydrogens is 222 g/mol. The van der Waals surface area contributed by atoms with Gasteiger partial charge in [-0.25, -0.2) is 9.36 Å². The SMILES string of the molecule is CNCn1c(=O)c2ccc(O)cc2n(C)c1=O. The van der Waals surface area contributed by atoms with E-state index < -0.39 is 5.69 Å². The zero-order valence-corrected chi connectivity index (χ0v) is 9.60. The molecule has 1 aromatic heterocycles. The summed E-state index contributed by atoms with van der Waals surface area (Å²) in [5, 5.41) is 12.5. The van der Waals surface area contributed by atoms with Gasteiger partial charge in [0.15, 0.2) is 0 Å². The quantitative estimate of drug-likeness (QED) is 0.741. The Hall–Kier alpha value is -2.08. The second-order valence-corrected chi connectivity index (χ2v) is 3.79. The molecule has 90 valence electrons. The van der Waals surface area contributed by atoms with Crippen LogP contribution in [-0.2, 0) is 13.7 Å². The van der Waals surface area contributed by atoms with Gasteiger partial charge in [0.25, 0.3) is 5.56 Å². The van der Waals surface area contributed by atoms with Crippen LogP contribution in [0.5, 0.6) is 5.75 Å². The number of benzene rings is 1. The standard InChI is InChI=1S/C11H13N3O3/c1-12-6-14-10(16)8-4-3-7(15)5-9(8)13(2)11(14)17/h3-5,12,15H,6H2,1-2H3. The fourth-order valence-electron chi connectivity index (χ4n) is 1.79. The molecule has 0 fully saturated rings. The molecule has 0 radical (unpaired) electrons. The van der Waals surface area contributed by atoms with Gasteiger partial charge in [0.2, 0.25) is 0 Å². The molecule has 6 nitrogen and oxygen atoms in total. The first kappa shape index (κ1) is 11.4. The summed E-state index contributed by atoms with van der Waals surface area (Å²) >= 11 is 0. The molecule has 0 atom stereocenters. The normalized spacial score (nSPS) is 10.9. The van der Waals surface area contributed by atoms with E-state index in [0.29, 0.717) is 10.9 Å². The maximum atomic E-state index is 12.0. The van der Waals surface area contributed by atoms with Crippen LogP contribution < -0.4 is 16.6 Å². The van der Waals surface area contributed by atoms with Crippen molar-refractivity contribution >= 4 is 10.9 Å². The molecule has 0 saturated heterocycles. The van der Waals surface area contributed by atoms with Crippen molar-refractivity contribution in [1.82, 2.24) is 14.5 Å². The van der Waals surface area contributed by atoms with Crippen molar-refractivity contribution in [3.05, 3.63) is 39.0 Å². The summed E-state index contributed by atoms with van der Waals surface area (Å²) < 4.78 is 2.45. The molecule has 0 saturated carbocycles. The first-order chi connectivity index (χ1) is 8.06. The van der Waals surface area contributed by atoms with Gasteiger partial charge in [0, 0.05) is 13.1 Å². The van der Waals surface area contributed by atoms with Crippen molar-refractivity contribution in [2.24, 2.45) is 7.05 Å². The highest BCUT2D eigenvalue weighted by atomic mass is 16.3. The van der Waals surface area contributed by atoms with E-state index in [2.05, 4.69) is 5.32 Å². The Balaban J connectivity index is 2.95. The van der Waals surface area contributed by atoms with E-state index in [4.69, 9.17) is 0 Å². The van der Waals surface area contributed by atoms with Gasteiger partial charge in [-0.05, 0) is 19.2 Å². The number of nitrogens with zero attached hydrogens (tertiary/aromatic N) is 2. The van der Waals surface area contributed by atoms with Gasteiger partial charge in [-0.2, -0.15) is 0 Å². The van der Waals surface area contributed by atoms with Gasteiger partial charge >= 0.3 is 5.69 Å². The van der Waals surface area contributed by atoms with Crippen molar-refractivity contribution < 1.29 is 5.11 Å². The molecule has 1 aromatic carbocycles. The Labute approximate surface area is 96.7 Å². The molecule has 0 amide bonds. The topological polar surface area (TPSA) is 76.3 Å². The van der Waals surface area contributed by atoms with Crippen LogP contribution in [0.2, 0.25) is 0 Å². The third-order valence-corrected chi connectivity index (χ3v) is 2.65. The van der Waals surface area contributed by atoms with Crippen LogP contribution in [0.15, 0.2) is 27.8 Å². The second kappa shape index (κ2) is 4.06. The van der Waals surface area contributed by atoms with Crippen molar-refractivity contribution in [3.63, 3.8) is 0 Å². The highest BCUT2D eigenvalue weighted by Crippen LogP contribution is 2.14. The molecule has 0 bridgehead atoms. The number of hydrogen-bond donors (Lipinski definition) is 2. The molecule has 2 rings (SSSR count). The number of aromatic hydroxyl groups is 1. The monoisotopic (exact) mass is 235 g/mol. The van der Waals surface area contributed by atoms with Gasteiger partial charge in [-0.1, -0.05) is 0 Å². The number of fused-ring (bicyclic) bond motifs is 1. The molecule has 0 aliphatic carbocycles. The van der Waals surface area contributed by atoms with Crippen LogP contribution in [0, 0.1) is 0 Å². The number of rotatable bonds is 2. The van der Waals surface area contributed by atoms with Crippen LogP contribution in [0.1, 0.15) is 0 Å². The number of aryl methyl sites for hydroxylation is 1. The number of aromatic nitrogens is 2. The Morgan fingerprint density at radius 2 is 2.06 bits per heavy atom. The lowest BCUT2D eigenvalue weighted by atomic mass is 10.2. The van der Waals surface area contributed by atoms with E-state index in [9.17, 15) is 14.7 Å². The van der Waals surface area contributed by atoms with Crippen molar-refractivity contribution in [1.29, 1.82) is 0 Å². The van der Waals surface area contributed by atoms with E-state index in [1.807, 2.05) is 0 Å². The Morgan fingerprint density at radius 3 is 2.71 bits per heavy atom. The van der Waals surface area contributed by atoms with Gasteiger partial charge in [-0.15, -0.1) is 0 Å². The van der Waals surface area contributed by atoms with E-state index in [1.54, 1.807) is 14.1 Å². The number of phenolic OH excluding ortho intramolecular Hbond substituents is 1. The maximum absolute atomic E-state index is 12.0. The Bertz CT molecular complexity index is 685. The minimum atomic E-state index is -0.414. The van der Waals surface area contributed by atoms with Crippen LogP contribution >= 0.6 is 0 Å². The van der Waals surface area contributed by atoms with Gasteiger partial charge in [0.05, 0.1) is 17.6 Å². The average molecular weight is 235 g/mol. The summed E-state index contributed by atoms with van der Waals surface area (Å²) in [5.74, 6) is 0.0262. The Kier molecular flexibility index (Phi) is 2.72. The minimum Gasteiger partial charge on any atom is -0.508 e. The lowest BCUT2D eigenvalue weighted by Crippen LogP contribution is -2.41. The van der Waals surface area contributed by atoms with Gasteiger partial charge in [-0.3, -0.25) is 9.36 Å². The summed E-state index contributed by atoms with van der Waals surface area (Å²) in [6, 6.07) is 4.35. The molecule has 1 heterocycles. The van der Waals surface area contributed by atoms with Crippen LogP contribution in [0.4, 0.5) is 0 Å². The molecule has 2 aromatic rings. The zero-order valence-electron chi connectivity index (χ0n) is 9.60. The van der Waals surface area contributed by atoms with Crippen LogP contribution in [0.25, 0.3) is 10.9 Å². The molecule has 0 spiro atoms. The molecule has 17 heavy (non-hydrogen) atoms.